The quantitative estimate of drug-likeness (QED) is 0.918. The third-order valence-corrected chi connectivity index (χ3v) is 4.94. The third-order valence-electron chi connectivity index (χ3n) is 3.93. The van der Waals surface area contributed by atoms with E-state index < -0.39 is 0 Å². The number of piperazine rings is 1. The van der Waals surface area contributed by atoms with Crippen LogP contribution in [0, 0.1) is 0 Å². The van der Waals surface area contributed by atoms with E-state index in [4.69, 9.17) is 0 Å². The summed E-state index contributed by atoms with van der Waals surface area (Å²) < 4.78 is 1.41. The Bertz CT molecular complexity index is 532. The maximum atomic E-state index is 3.63. The summed E-state index contributed by atoms with van der Waals surface area (Å²) in [6, 6.07) is 9.44. The molecule has 1 aliphatic rings. The summed E-state index contributed by atoms with van der Waals surface area (Å²) in [7, 11) is 0. The number of fused-ring (bicyclic) bond motifs is 1. The fourth-order valence-electron chi connectivity index (χ4n) is 2.98. The van der Waals surface area contributed by atoms with Gasteiger partial charge in [-0.25, -0.2) is 0 Å². The average molecular weight is 274 g/mol. The molecular weight excluding hydrogens is 252 g/mol. The Morgan fingerprint density at radius 1 is 1.37 bits per heavy atom. The minimum atomic E-state index is 0.684. The normalized spacial score (nSPS) is 21.0. The van der Waals surface area contributed by atoms with E-state index in [2.05, 4.69) is 46.8 Å². The molecule has 1 fully saturated rings. The largest absolute Gasteiger partial charge is 0.311 e. The summed E-state index contributed by atoms with van der Waals surface area (Å²) >= 11 is 1.87. The fraction of sp³-hybridized carbons (Fsp3) is 0.500. The van der Waals surface area contributed by atoms with Crippen molar-refractivity contribution in [3.05, 3.63) is 35.2 Å². The van der Waals surface area contributed by atoms with Gasteiger partial charge in [-0.05, 0) is 28.8 Å². The van der Waals surface area contributed by atoms with Gasteiger partial charge in [-0.1, -0.05) is 31.5 Å². The number of nitrogens with zero attached hydrogens (tertiary/aromatic N) is 1. The lowest BCUT2D eigenvalue weighted by atomic mass is 10.1. The minimum Gasteiger partial charge on any atom is -0.311 e. The molecule has 1 aliphatic heterocycles. The Balaban J connectivity index is 1.70. The van der Waals surface area contributed by atoms with Crippen molar-refractivity contribution >= 4 is 21.4 Å². The van der Waals surface area contributed by atoms with Gasteiger partial charge in [-0.2, -0.15) is 0 Å². The van der Waals surface area contributed by atoms with Gasteiger partial charge in [0, 0.05) is 36.9 Å². The maximum absolute atomic E-state index is 3.63. The molecule has 1 aromatic heterocycles. The van der Waals surface area contributed by atoms with Gasteiger partial charge in [0.15, 0.2) is 0 Å². The summed E-state index contributed by atoms with van der Waals surface area (Å²) in [6.07, 6.45) is 2.56. The molecule has 0 saturated carbocycles. The zero-order valence-electron chi connectivity index (χ0n) is 11.6. The van der Waals surface area contributed by atoms with Gasteiger partial charge >= 0.3 is 0 Å². The van der Waals surface area contributed by atoms with Crippen LogP contribution in [0.3, 0.4) is 0 Å². The molecule has 2 heterocycles. The second-order valence-corrected chi connectivity index (χ2v) is 6.34. The number of nitrogens with one attached hydrogen (secondary N) is 1. The topological polar surface area (TPSA) is 15.3 Å². The average Bonchev–Trinajstić information content (AvgIpc) is 2.83. The van der Waals surface area contributed by atoms with Crippen LogP contribution in [0.2, 0.25) is 0 Å². The predicted molar refractivity (Wildman–Crippen MR) is 83.8 cm³/mol. The molecule has 1 atom stereocenters. The first-order chi connectivity index (χ1) is 9.36. The summed E-state index contributed by atoms with van der Waals surface area (Å²) in [5.41, 5.74) is 1.50. The van der Waals surface area contributed by atoms with Crippen molar-refractivity contribution in [2.75, 3.05) is 19.6 Å². The van der Waals surface area contributed by atoms with E-state index in [1.165, 1.54) is 41.6 Å². The molecule has 0 radical (unpaired) electrons. The molecule has 1 N–H and O–H groups in total. The van der Waals surface area contributed by atoms with E-state index in [1.807, 2.05) is 11.3 Å². The maximum Gasteiger partial charge on any atom is 0.0346 e. The second kappa shape index (κ2) is 6.04. The summed E-state index contributed by atoms with van der Waals surface area (Å²) in [4.78, 5) is 2.60. The zero-order valence-corrected chi connectivity index (χ0v) is 12.4. The number of hydrogen-bond donors (Lipinski definition) is 1. The van der Waals surface area contributed by atoms with Crippen molar-refractivity contribution in [2.45, 2.75) is 32.4 Å². The molecule has 2 nitrogen and oxygen atoms in total. The molecule has 3 heteroatoms. The Morgan fingerprint density at radius 2 is 2.26 bits per heavy atom. The Labute approximate surface area is 119 Å². The minimum absolute atomic E-state index is 0.684. The van der Waals surface area contributed by atoms with E-state index in [0.29, 0.717) is 6.04 Å². The van der Waals surface area contributed by atoms with Gasteiger partial charge in [-0.15, -0.1) is 11.3 Å². The first kappa shape index (κ1) is 13.1. The highest BCUT2D eigenvalue weighted by atomic mass is 32.1. The Hall–Kier alpha value is -0.900. The third kappa shape index (κ3) is 2.99. The van der Waals surface area contributed by atoms with E-state index in [-0.39, 0.29) is 0 Å². The van der Waals surface area contributed by atoms with Crippen molar-refractivity contribution < 1.29 is 0 Å². The van der Waals surface area contributed by atoms with Crippen LogP contribution < -0.4 is 5.32 Å². The first-order valence-corrected chi connectivity index (χ1v) is 8.15. The number of thiophene rings is 1. The second-order valence-electron chi connectivity index (χ2n) is 5.43. The summed E-state index contributed by atoms with van der Waals surface area (Å²) in [5.74, 6) is 0. The highest BCUT2D eigenvalue weighted by Gasteiger charge is 2.19. The van der Waals surface area contributed by atoms with Crippen LogP contribution in [-0.2, 0) is 6.54 Å². The number of benzene rings is 1. The van der Waals surface area contributed by atoms with Gasteiger partial charge in [0.1, 0.15) is 0 Å². The summed E-state index contributed by atoms with van der Waals surface area (Å²) in [6.45, 7) is 6.87. The molecule has 102 valence electrons. The molecule has 19 heavy (non-hydrogen) atoms. The smallest absolute Gasteiger partial charge is 0.0346 e. The standard InChI is InChI=1S/C16H22N2S/c1-2-5-14-11-18(9-8-17-14)10-13-12-19-16-7-4-3-6-15(13)16/h3-4,6-7,12,14,17H,2,5,8-11H2,1H3. The SMILES string of the molecule is CCCC1CN(Cc2csc3ccccc23)CCN1. The molecule has 0 spiro atoms. The van der Waals surface area contributed by atoms with Crippen LogP contribution in [0.1, 0.15) is 25.3 Å². The van der Waals surface area contributed by atoms with Crippen molar-refractivity contribution in [1.29, 1.82) is 0 Å². The van der Waals surface area contributed by atoms with Crippen molar-refractivity contribution in [1.82, 2.24) is 10.2 Å². The first-order valence-electron chi connectivity index (χ1n) is 7.27. The lowest BCUT2D eigenvalue weighted by Gasteiger charge is -2.33. The fourth-order valence-corrected chi connectivity index (χ4v) is 3.93. The monoisotopic (exact) mass is 274 g/mol. The van der Waals surface area contributed by atoms with Crippen LogP contribution in [0.25, 0.3) is 10.1 Å². The van der Waals surface area contributed by atoms with Crippen molar-refractivity contribution in [2.24, 2.45) is 0 Å². The van der Waals surface area contributed by atoms with Crippen LogP contribution in [0.4, 0.5) is 0 Å². The van der Waals surface area contributed by atoms with E-state index in [0.717, 1.165) is 13.1 Å². The van der Waals surface area contributed by atoms with Gasteiger partial charge < -0.3 is 5.32 Å². The van der Waals surface area contributed by atoms with Gasteiger partial charge in [0.25, 0.3) is 0 Å². The predicted octanol–water partition coefficient (Wildman–Crippen LogP) is 3.48. The van der Waals surface area contributed by atoms with Crippen LogP contribution in [0.15, 0.2) is 29.6 Å². The molecule has 1 aromatic carbocycles. The molecular formula is C16H22N2S. The highest BCUT2D eigenvalue weighted by Crippen LogP contribution is 2.26. The number of hydrogen-bond acceptors (Lipinski definition) is 3. The Kier molecular flexibility index (Phi) is 4.16. The van der Waals surface area contributed by atoms with E-state index in [9.17, 15) is 0 Å². The van der Waals surface area contributed by atoms with Crippen molar-refractivity contribution in [3.63, 3.8) is 0 Å². The van der Waals surface area contributed by atoms with E-state index in [1.54, 1.807) is 0 Å². The molecule has 0 amide bonds. The van der Waals surface area contributed by atoms with Crippen LogP contribution in [-0.4, -0.2) is 30.6 Å². The Morgan fingerprint density at radius 3 is 3.16 bits per heavy atom. The van der Waals surface area contributed by atoms with Gasteiger partial charge in [0.2, 0.25) is 0 Å². The molecule has 0 aliphatic carbocycles. The van der Waals surface area contributed by atoms with Crippen LogP contribution in [0.5, 0.6) is 0 Å². The highest BCUT2D eigenvalue weighted by molar-refractivity contribution is 7.17. The lowest BCUT2D eigenvalue weighted by Crippen LogP contribution is -2.50. The van der Waals surface area contributed by atoms with Gasteiger partial charge in [-0.3, -0.25) is 4.90 Å². The van der Waals surface area contributed by atoms with Gasteiger partial charge in [0.05, 0.1) is 0 Å². The molecule has 0 bridgehead atoms. The molecule has 1 unspecified atom stereocenters. The summed E-state index contributed by atoms with van der Waals surface area (Å²) in [5, 5.41) is 7.41. The van der Waals surface area contributed by atoms with E-state index >= 15 is 0 Å². The molecule has 3 rings (SSSR count). The van der Waals surface area contributed by atoms with Crippen LogP contribution >= 0.6 is 11.3 Å². The van der Waals surface area contributed by atoms with Crippen molar-refractivity contribution in [3.8, 4) is 0 Å². The lowest BCUT2D eigenvalue weighted by molar-refractivity contribution is 0.187. The molecule has 1 saturated heterocycles. The number of rotatable bonds is 4. The molecule has 2 aromatic rings. The zero-order chi connectivity index (χ0) is 13.1.